The van der Waals surface area contributed by atoms with Crippen molar-refractivity contribution in [2.24, 2.45) is 17.8 Å². The highest BCUT2D eigenvalue weighted by Crippen LogP contribution is 2.43. The van der Waals surface area contributed by atoms with Gasteiger partial charge in [-0.05, 0) is 48.9 Å². The van der Waals surface area contributed by atoms with Gasteiger partial charge < -0.3 is 5.32 Å². The van der Waals surface area contributed by atoms with Gasteiger partial charge in [-0.2, -0.15) is 0 Å². The predicted octanol–water partition coefficient (Wildman–Crippen LogP) is 2.09. The molecule has 6 heteroatoms. The lowest BCUT2D eigenvalue weighted by molar-refractivity contribution is -0.120. The van der Waals surface area contributed by atoms with Crippen LogP contribution in [0.25, 0.3) is 0 Å². The Kier molecular flexibility index (Phi) is 3.82. The van der Waals surface area contributed by atoms with Gasteiger partial charge in [0.25, 0.3) is 0 Å². The summed E-state index contributed by atoms with van der Waals surface area (Å²) in [6, 6.07) is 6.31. The van der Waals surface area contributed by atoms with Crippen LogP contribution in [0.15, 0.2) is 41.3 Å². The van der Waals surface area contributed by atoms with Crippen molar-refractivity contribution in [2.45, 2.75) is 17.7 Å². The SMILES string of the molecule is CN(C)S(=O)(=O)c1ccc(NC(=O)[C@@H]2C[C@H]3C=C[C@@H]2C3)cc1. The lowest BCUT2D eigenvalue weighted by atomic mass is 9.93. The quantitative estimate of drug-likeness (QED) is 0.864. The van der Waals surface area contributed by atoms with Gasteiger partial charge in [-0.3, -0.25) is 4.79 Å². The average Bonchev–Trinajstić information content (AvgIpc) is 3.10. The first kappa shape index (κ1) is 15.2. The monoisotopic (exact) mass is 320 g/mol. The van der Waals surface area contributed by atoms with Crippen LogP contribution in [0.4, 0.5) is 5.69 Å². The first-order chi connectivity index (χ1) is 10.4. The van der Waals surface area contributed by atoms with Crippen LogP contribution < -0.4 is 5.32 Å². The van der Waals surface area contributed by atoms with E-state index in [2.05, 4.69) is 17.5 Å². The van der Waals surface area contributed by atoms with E-state index in [1.54, 1.807) is 12.1 Å². The Hall–Kier alpha value is -1.66. The van der Waals surface area contributed by atoms with E-state index >= 15 is 0 Å². The summed E-state index contributed by atoms with van der Waals surface area (Å²) in [4.78, 5) is 12.5. The maximum atomic E-state index is 12.3. The fraction of sp³-hybridized carbons (Fsp3) is 0.438. The number of rotatable bonds is 4. The van der Waals surface area contributed by atoms with Crippen molar-refractivity contribution in [3.63, 3.8) is 0 Å². The number of sulfonamides is 1. The molecular weight excluding hydrogens is 300 g/mol. The van der Waals surface area contributed by atoms with Gasteiger partial charge >= 0.3 is 0 Å². The molecule has 0 unspecified atom stereocenters. The molecular formula is C16H20N2O3S. The van der Waals surface area contributed by atoms with E-state index in [0.29, 0.717) is 17.5 Å². The molecule has 3 rings (SSSR count). The third-order valence-electron chi connectivity index (χ3n) is 4.52. The van der Waals surface area contributed by atoms with E-state index in [9.17, 15) is 13.2 Å². The van der Waals surface area contributed by atoms with Crippen molar-refractivity contribution in [2.75, 3.05) is 19.4 Å². The molecule has 2 aliphatic rings. The molecule has 2 bridgehead atoms. The molecule has 1 N–H and O–H groups in total. The van der Waals surface area contributed by atoms with E-state index in [0.717, 1.165) is 12.8 Å². The minimum atomic E-state index is -3.43. The summed E-state index contributed by atoms with van der Waals surface area (Å²) < 4.78 is 25.2. The third kappa shape index (κ3) is 2.68. The maximum Gasteiger partial charge on any atom is 0.242 e. The summed E-state index contributed by atoms with van der Waals surface area (Å²) in [6.45, 7) is 0. The summed E-state index contributed by atoms with van der Waals surface area (Å²) in [6.07, 6.45) is 6.35. The van der Waals surface area contributed by atoms with Gasteiger partial charge in [0.2, 0.25) is 15.9 Å². The molecule has 2 aliphatic carbocycles. The zero-order valence-electron chi connectivity index (χ0n) is 12.7. The number of nitrogens with zero attached hydrogens (tertiary/aromatic N) is 1. The first-order valence-electron chi connectivity index (χ1n) is 7.39. The Bertz CT molecular complexity index is 707. The highest BCUT2D eigenvalue weighted by molar-refractivity contribution is 7.89. The fourth-order valence-electron chi connectivity index (χ4n) is 3.24. The topological polar surface area (TPSA) is 66.5 Å². The van der Waals surface area contributed by atoms with Crippen molar-refractivity contribution < 1.29 is 13.2 Å². The zero-order chi connectivity index (χ0) is 15.9. The van der Waals surface area contributed by atoms with Gasteiger partial charge in [0.15, 0.2) is 0 Å². The van der Waals surface area contributed by atoms with E-state index in [4.69, 9.17) is 0 Å². The smallest absolute Gasteiger partial charge is 0.242 e. The number of benzene rings is 1. The second-order valence-corrected chi connectivity index (χ2v) is 8.34. The average molecular weight is 320 g/mol. The molecule has 0 heterocycles. The highest BCUT2D eigenvalue weighted by atomic mass is 32.2. The standard InChI is InChI=1S/C16H20N2O3S/c1-18(2)22(20,21)14-7-5-13(6-8-14)17-16(19)15-10-11-3-4-12(15)9-11/h3-8,11-12,15H,9-10H2,1-2H3,(H,17,19)/t11-,12+,15+/m0/s1. The molecule has 0 radical (unpaired) electrons. The summed E-state index contributed by atoms with van der Waals surface area (Å²) in [5.41, 5.74) is 0.634. The summed E-state index contributed by atoms with van der Waals surface area (Å²) in [7, 11) is -0.446. The summed E-state index contributed by atoms with van der Waals surface area (Å²) >= 11 is 0. The van der Waals surface area contributed by atoms with E-state index in [1.807, 2.05) is 0 Å². The summed E-state index contributed by atoms with van der Waals surface area (Å²) in [5.74, 6) is 0.979. The molecule has 22 heavy (non-hydrogen) atoms. The van der Waals surface area contributed by atoms with Crippen molar-refractivity contribution in [3.8, 4) is 0 Å². The van der Waals surface area contributed by atoms with Crippen LogP contribution in [0.5, 0.6) is 0 Å². The summed E-state index contributed by atoms with van der Waals surface area (Å²) in [5, 5.41) is 2.90. The molecule has 0 aliphatic heterocycles. The largest absolute Gasteiger partial charge is 0.326 e. The molecule has 1 fully saturated rings. The Labute approximate surface area is 131 Å². The Balaban J connectivity index is 1.69. The van der Waals surface area contributed by atoms with Crippen molar-refractivity contribution >= 4 is 21.6 Å². The number of hydrogen-bond acceptors (Lipinski definition) is 3. The number of allylic oxidation sites excluding steroid dienone is 2. The minimum absolute atomic E-state index is 0.0278. The second-order valence-electron chi connectivity index (χ2n) is 6.19. The number of nitrogens with one attached hydrogen (secondary N) is 1. The van der Waals surface area contributed by atoms with Gasteiger partial charge in [0.1, 0.15) is 0 Å². The van der Waals surface area contributed by atoms with Crippen molar-refractivity contribution in [3.05, 3.63) is 36.4 Å². The highest BCUT2D eigenvalue weighted by Gasteiger charge is 2.39. The molecule has 1 saturated carbocycles. The van der Waals surface area contributed by atoms with Crippen LogP contribution in [0.1, 0.15) is 12.8 Å². The fourth-order valence-corrected chi connectivity index (χ4v) is 4.14. The van der Waals surface area contributed by atoms with Gasteiger partial charge in [-0.1, -0.05) is 12.2 Å². The number of carbonyl (C=O) groups excluding carboxylic acids is 1. The number of fused-ring (bicyclic) bond motifs is 2. The Morgan fingerprint density at radius 1 is 1.14 bits per heavy atom. The van der Waals surface area contributed by atoms with Gasteiger partial charge in [0, 0.05) is 25.7 Å². The van der Waals surface area contributed by atoms with Gasteiger partial charge in [0.05, 0.1) is 4.90 Å². The predicted molar refractivity (Wildman–Crippen MR) is 84.8 cm³/mol. The maximum absolute atomic E-state index is 12.3. The van der Waals surface area contributed by atoms with Crippen LogP contribution >= 0.6 is 0 Å². The van der Waals surface area contributed by atoms with Crippen LogP contribution in [0.2, 0.25) is 0 Å². The van der Waals surface area contributed by atoms with Gasteiger partial charge in [-0.25, -0.2) is 12.7 Å². The molecule has 0 spiro atoms. The molecule has 5 nitrogen and oxygen atoms in total. The number of amides is 1. The minimum Gasteiger partial charge on any atom is -0.326 e. The number of hydrogen-bond donors (Lipinski definition) is 1. The lowest BCUT2D eigenvalue weighted by Gasteiger charge is -2.18. The molecule has 0 saturated heterocycles. The number of carbonyl (C=O) groups is 1. The molecule has 1 aromatic carbocycles. The van der Waals surface area contributed by atoms with Crippen LogP contribution in [0.3, 0.4) is 0 Å². The van der Waals surface area contributed by atoms with Crippen molar-refractivity contribution in [1.82, 2.24) is 4.31 Å². The van der Waals surface area contributed by atoms with Crippen LogP contribution in [0, 0.1) is 17.8 Å². The van der Waals surface area contributed by atoms with E-state index < -0.39 is 10.0 Å². The van der Waals surface area contributed by atoms with Crippen molar-refractivity contribution in [1.29, 1.82) is 0 Å². The Morgan fingerprint density at radius 3 is 2.32 bits per heavy atom. The molecule has 3 atom stereocenters. The van der Waals surface area contributed by atoms with Crippen LogP contribution in [-0.2, 0) is 14.8 Å². The first-order valence-corrected chi connectivity index (χ1v) is 8.84. The molecule has 1 amide bonds. The van der Waals surface area contributed by atoms with Gasteiger partial charge in [-0.15, -0.1) is 0 Å². The third-order valence-corrected chi connectivity index (χ3v) is 6.35. The molecule has 1 aromatic rings. The van der Waals surface area contributed by atoms with Crippen LogP contribution in [-0.4, -0.2) is 32.7 Å². The molecule has 118 valence electrons. The zero-order valence-corrected chi connectivity index (χ0v) is 13.5. The normalized spacial score (nSPS) is 26.6. The molecule has 0 aromatic heterocycles. The number of anilines is 1. The lowest BCUT2D eigenvalue weighted by Crippen LogP contribution is -2.26. The Morgan fingerprint density at radius 2 is 1.82 bits per heavy atom. The van der Waals surface area contributed by atoms with E-state index in [1.165, 1.54) is 30.5 Å². The van der Waals surface area contributed by atoms with E-state index in [-0.39, 0.29) is 16.7 Å². The second kappa shape index (κ2) is 5.52.